The summed E-state index contributed by atoms with van der Waals surface area (Å²) in [7, 11) is 0. The van der Waals surface area contributed by atoms with Gasteiger partial charge in [-0.3, -0.25) is 14.4 Å². The van der Waals surface area contributed by atoms with E-state index >= 15 is 0 Å². The molecule has 2 saturated carbocycles. The van der Waals surface area contributed by atoms with E-state index in [-0.39, 0.29) is 39.3 Å². The molecule has 0 spiro atoms. The van der Waals surface area contributed by atoms with Crippen molar-refractivity contribution in [3.63, 3.8) is 0 Å². The van der Waals surface area contributed by atoms with E-state index in [0.29, 0.717) is 23.7 Å². The molecule has 0 N–H and O–H groups in total. The lowest BCUT2D eigenvalue weighted by molar-refractivity contribution is -0.136. The van der Waals surface area contributed by atoms with E-state index in [4.69, 9.17) is 0 Å². The zero-order valence-electron chi connectivity index (χ0n) is 28.9. The van der Waals surface area contributed by atoms with Crippen LogP contribution in [0.2, 0.25) is 0 Å². The van der Waals surface area contributed by atoms with Gasteiger partial charge in [-0.2, -0.15) is 5.26 Å². The molecule has 5 atom stereocenters. The Morgan fingerprint density at radius 1 is 1.07 bits per heavy atom. The molecule has 0 bridgehead atoms. The highest BCUT2D eigenvalue weighted by atomic mass is 16.2. The summed E-state index contributed by atoms with van der Waals surface area (Å²) in [5.74, 6) is 0.826. The maximum absolute atomic E-state index is 13.3. The molecule has 43 heavy (non-hydrogen) atoms. The number of rotatable bonds is 8. The molecule has 1 amide bonds. The number of ketones is 2. The minimum Gasteiger partial charge on any atom is -0.343 e. The maximum atomic E-state index is 13.3. The van der Waals surface area contributed by atoms with Crippen molar-refractivity contribution in [2.45, 2.75) is 133 Å². The normalized spacial score (nSPS) is 36.3. The SMILES string of the molecule is CC(=O)/C=C1/[C@@]2(C)C=C(C#N)C(=O)C(C)(C)[C@@H]2CC[C@@]1(C)C(C)(C)CC[C@@]1(CCC(=O)N2CCC2)CCC(C)(C)CC1C. The summed E-state index contributed by atoms with van der Waals surface area (Å²) in [6.45, 7) is 23.9. The number of allylic oxidation sites excluding steroid dienone is 4. The average molecular weight is 591 g/mol. The summed E-state index contributed by atoms with van der Waals surface area (Å²) < 4.78 is 0. The fourth-order valence-electron chi connectivity index (χ4n) is 9.88. The van der Waals surface area contributed by atoms with Crippen LogP contribution in [-0.4, -0.2) is 35.5 Å². The summed E-state index contributed by atoms with van der Waals surface area (Å²) in [6.07, 6.45) is 13.8. The Hall–Kier alpha value is -2.22. The molecule has 4 rings (SSSR count). The molecule has 238 valence electrons. The Morgan fingerprint density at radius 2 is 1.72 bits per heavy atom. The number of carbonyl (C=O) groups excluding carboxylic acids is 3. The highest BCUT2D eigenvalue weighted by molar-refractivity contribution is 6.04. The average Bonchev–Trinajstić information content (AvgIpc) is 2.86. The highest BCUT2D eigenvalue weighted by Crippen LogP contribution is 2.67. The zero-order chi connectivity index (χ0) is 32.2. The number of nitriles is 1. The first-order chi connectivity index (χ1) is 19.7. The molecule has 0 radical (unpaired) electrons. The maximum Gasteiger partial charge on any atom is 0.222 e. The van der Waals surface area contributed by atoms with Crippen LogP contribution in [0.25, 0.3) is 0 Å². The summed E-state index contributed by atoms with van der Waals surface area (Å²) in [6, 6.07) is 2.20. The first-order valence-corrected chi connectivity index (χ1v) is 16.9. The Bertz CT molecular complexity index is 1260. The van der Waals surface area contributed by atoms with Crippen molar-refractivity contribution in [1.82, 2.24) is 4.90 Å². The summed E-state index contributed by atoms with van der Waals surface area (Å²) in [5.41, 5.74) is 0.106. The van der Waals surface area contributed by atoms with Crippen LogP contribution in [0, 0.1) is 55.7 Å². The third kappa shape index (κ3) is 5.82. The molecule has 0 aromatic heterocycles. The molecule has 3 aliphatic carbocycles. The molecule has 1 aliphatic heterocycles. The first-order valence-electron chi connectivity index (χ1n) is 16.9. The Morgan fingerprint density at radius 3 is 2.26 bits per heavy atom. The molecule has 1 saturated heterocycles. The van der Waals surface area contributed by atoms with Gasteiger partial charge in [0.25, 0.3) is 0 Å². The fraction of sp³-hybridized carbons (Fsp3) is 0.789. The number of nitrogens with zero attached hydrogens (tertiary/aromatic N) is 2. The lowest BCUT2D eigenvalue weighted by Crippen LogP contribution is -2.56. The largest absolute Gasteiger partial charge is 0.343 e. The highest BCUT2D eigenvalue weighted by Gasteiger charge is 2.61. The van der Waals surface area contributed by atoms with Crippen LogP contribution >= 0.6 is 0 Å². The topological polar surface area (TPSA) is 78.2 Å². The van der Waals surface area contributed by atoms with Crippen molar-refractivity contribution in [1.29, 1.82) is 5.26 Å². The van der Waals surface area contributed by atoms with Gasteiger partial charge >= 0.3 is 0 Å². The Balaban J connectivity index is 1.69. The molecule has 3 fully saturated rings. The molecule has 4 aliphatic rings. The van der Waals surface area contributed by atoms with E-state index < -0.39 is 10.8 Å². The smallest absolute Gasteiger partial charge is 0.222 e. The minimum atomic E-state index is -0.673. The lowest BCUT2D eigenvalue weighted by Gasteiger charge is -2.61. The number of Topliss-reactive ketones (excluding diaryl/α,β-unsaturated/α-hetero) is 1. The van der Waals surface area contributed by atoms with Crippen LogP contribution in [0.4, 0.5) is 0 Å². The van der Waals surface area contributed by atoms with E-state index in [0.717, 1.165) is 63.6 Å². The van der Waals surface area contributed by atoms with Gasteiger partial charge in [-0.25, -0.2) is 0 Å². The minimum absolute atomic E-state index is 0.0182. The van der Waals surface area contributed by atoms with Gasteiger partial charge in [0.15, 0.2) is 11.6 Å². The number of likely N-dealkylation sites (tertiary alicyclic amines) is 1. The second-order valence-corrected chi connectivity index (χ2v) is 17.3. The van der Waals surface area contributed by atoms with Gasteiger partial charge < -0.3 is 4.90 Å². The van der Waals surface area contributed by atoms with Crippen LogP contribution in [0.3, 0.4) is 0 Å². The lowest BCUT2D eigenvalue weighted by atomic mass is 9.42. The molecule has 1 heterocycles. The molecule has 0 aromatic carbocycles. The van der Waals surface area contributed by atoms with Crippen molar-refractivity contribution < 1.29 is 14.4 Å². The number of hydrogen-bond donors (Lipinski definition) is 0. The number of fused-ring (bicyclic) bond motifs is 1. The number of amides is 1. The van der Waals surface area contributed by atoms with Gasteiger partial charge in [0.05, 0.1) is 5.57 Å². The van der Waals surface area contributed by atoms with Crippen molar-refractivity contribution in [3.05, 3.63) is 23.3 Å². The van der Waals surface area contributed by atoms with Crippen LogP contribution < -0.4 is 0 Å². The molecule has 5 heteroatoms. The fourth-order valence-corrected chi connectivity index (χ4v) is 9.88. The van der Waals surface area contributed by atoms with Gasteiger partial charge in [-0.15, -0.1) is 0 Å². The summed E-state index contributed by atoms with van der Waals surface area (Å²) in [5, 5.41) is 9.97. The predicted octanol–water partition coefficient (Wildman–Crippen LogP) is 8.63. The zero-order valence-corrected chi connectivity index (χ0v) is 28.9. The van der Waals surface area contributed by atoms with E-state index in [1.807, 2.05) is 30.9 Å². The Labute approximate surface area is 261 Å². The molecule has 1 unspecified atom stereocenters. The van der Waals surface area contributed by atoms with Crippen molar-refractivity contribution in [3.8, 4) is 6.07 Å². The first kappa shape index (κ1) is 33.7. The van der Waals surface area contributed by atoms with E-state index in [1.54, 1.807) is 6.92 Å². The van der Waals surface area contributed by atoms with Crippen molar-refractivity contribution in [2.24, 2.45) is 44.3 Å². The second-order valence-electron chi connectivity index (χ2n) is 17.3. The molecular weight excluding hydrogens is 532 g/mol. The third-order valence-corrected chi connectivity index (χ3v) is 13.4. The van der Waals surface area contributed by atoms with Crippen LogP contribution in [0.5, 0.6) is 0 Å². The number of hydrogen-bond acceptors (Lipinski definition) is 4. The van der Waals surface area contributed by atoms with Crippen LogP contribution in [-0.2, 0) is 14.4 Å². The quantitative estimate of drug-likeness (QED) is 0.265. The summed E-state index contributed by atoms with van der Waals surface area (Å²) >= 11 is 0. The van der Waals surface area contributed by atoms with E-state index in [1.165, 1.54) is 12.8 Å². The molecule has 5 nitrogen and oxygen atoms in total. The van der Waals surface area contributed by atoms with E-state index in [9.17, 15) is 19.6 Å². The monoisotopic (exact) mass is 590 g/mol. The van der Waals surface area contributed by atoms with Crippen LogP contribution in [0.15, 0.2) is 23.3 Å². The van der Waals surface area contributed by atoms with Gasteiger partial charge in [0.1, 0.15) is 6.07 Å². The van der Waals surface area contributed by atoms with Crippen LogP contribution in [0.1, 0.15) is 133 Å². The molecular formula is C38H58N2O3. The van der Waals surface area contributed by atoms with E-state index in [2.05, 4.69) is 54.5 Å². The van der Waals surface area contributed by atoms with Gasteiger partial charge in [-0.1, -0.05) is 74.0 Å². The van der Waals surface area contributed by atoms with Gasteiger partial charge in [0, 0.05) is 30.3 Å². The van der Waals surface area contributed by atoms with Crippen molar-refractivity contribution >= 4 is 17.5 Å². The number of carbonyl (C=O) groups is 3. The standard InChI is InChI=1S/C38H58N2O3/c1-26-23-33(3,4)16-18-38(26,15-13-31(42)40-20-11-21-40)19-17-34(5,6)37(10)14-12-29-35(7,8)32(43)28(25-39)24-36(29,9)30(37)22-27(2)41/h22,24,26,29H,11-21,23H2,1-10H3/b30-22-/t26?,29-,36-,37+,38+/m0/s1. The second kappa shape index (κ2) is 11.3. The predicted molar refractivity (Wildman–Crippen MR) is 173 cm³/mol. The third-order valence-electron chi connectivity index (χ3n) is 13.4. The van der Waals surface area contributed by atoms with Gasteiger partial charge in [-0.05, 0) is 104 Å². The van der Waals surface area contributed by atoms with Gasteiger partial charge in [0.2, 0.25) is 5.91 Å². The summed E-state index contributed by atoms with van der Waals surface area (Å²) in [4.78, 5) is 41.2. The molecule has 0 aromatic rings. The van der Waals surface area contributed by atoms with Crippen molar-refractivity contribution in [2.75, 3.05) is 13.1 Å². The Kier molecular flexibility index (Phi) is 8.84.